The lowest BCUT2D eigenvalue weighted by Gasteiger charge is -2.33. The van der Waals surface area contributed by atoms with Crippen LogP contribution in [0.15, 0.2) is 54.6 Å². The fourth-order valence-electron chi connectivity index (χ4n) is 4.94. The minimum atomic E-state index is -0.141. The molecule has 6 heteroatoms. The molecule has 2 amide bonds. The third kappa shape index (κ3) is 5.37. The molecular weight excluding hydrogens is 400 g/mol. The second kappa shape index (κ2) is 10.3. The molecule has 0 aliphatic carbocycles. The average molecular weight is 435 g/mol. The smallest absolute Gasteiger partial charge is 0.239 e. The molecule has 0 aromatic heterocycles. The molecule has 2 aliphatic rings. The molecular formula is C26H34N4O2. The first-order valence-corrected chi connectivity index (χ1v) is 11.6. The van der Waals surface area contributed by atoms with Crippen LogP contribution in [-0.4, -0.2) is 59.9 Å². The zero-order chi connectivity index (χ0) is 22.5. The number of amides is 2. The fourth-order valence-corrected chi connectivity index (χ4v) is 4.94. The molecule has 6 nitrogen and oxygen atoms in total. The Morgan fingerprint density at radius 3 is 2.59 bits per heavy atom. The summed E-state index contributed by atoms with van der Waals surface area (Å²) in [6, 6.07) is 18.7. The van der Waals surface area contributed by atoms with Crippen molar-refractivity contribution in [1.29, 1.82) is 0 Å². The Bertz CT molecular complexity index is 915. The number of benzene rings is 2. The van der Waals surface area contributed by atoms with E-state index >= 15 is 0 Å². The van der Waals surface area contributed by atoms with Gasteiger partial charge in [0.2, 0.25) is 11.8 Å². The van der Waals surface area contributed by atoms with Crippen molar-refractivity contribution in [3.63, 3.8) is 0 Å². The van der Waals surface area contributed by atoms with Crippen LogP contribution in [0.3, 0.4) is 0 Å². The molecule has 2 N–H and O–H groups in total. The van der Waals surface area contributed by atoms with Crippen LogP contribution in [0.1, 0.15) is 36.0 Å². The number of aryl methyl sites for hydroxylation is 1. The van der Waals surface area contributed by atoms with Crippen LogP contribution >= 0.6 is 0 Å². The van der Waals surface area contributed by atoms with E-state index in [9.17, 15) is 9.59 Å². The largest absolute Gasteiger partial charge is 0.353 e. The molecule has 3 atom stereocenters. The highest BCUT2D eigenvalue weighted by atomic mass is 16.2. The summed E-state index contributed by atoms with van der Waals surface area (Å²) in [6.45, 7) is 4.92. The van der Waals surface area contributed by atoms with Crippen molar-refractivity contribution in [2.75, 3.05) is 20.1 Å². The molecule has 4 rings (SSSR count). The maximum atomic E-state index is 13.0. The molecule has 2 aliphatic heterocycles. The van der Waals surface area contributed by atoms with Gasteiger partial charge in [0.25, 0.3) is 0 Å². The first-order valence-electron chi connectivity index (χ1n) is 11.6. The van der Waals surface area contributed by atoms with Gasteiger partial charge in [0.15, 0.2) is 0 Å². The van der Waals surface area contributed by atoms with E-state index in [2.05, 4.69) is 58.7 Å². The average Bonchev–Trinajstić information content (AvgIpc) is 3.18. The van der Waals surface area contributed by atoms with Crippen LogP contribution in [-0.2, 0) is 22.7 Å². The topological polar surface area (TPSA) is 64.7 Å². The van der Waals surface area contributed by atoms with E-state index in [1.165, 1.54) is 11.1 Å². The van der Waals surface area contributed by atoms with Crippen LogP contribution in [0.2, 0.25) is 0 Å². The number of nitrogens with one attached hydrogen (secondary N) is 2. The van der Waals surface area contributed by atoms with Gasteiger partial charge in [0.05, 0.1) is 0 Å². The Morgan fingerprint density at radius 2 is 1.84 bits per heavy atom. The first-order chi connectivity index (χ1) is 15.5. The van der Waals surface area contributed by atoms with E-state index in [0.29, 0.717) is 19.5 Å². The molecule has 2 saturated heterocycles. The third-order valence-corrected chi connectivity index (χ3v) is 6.89. The Balaban J connectivity index is 1.32. The molecule has 2 aromatic carbocycles. The molecule has 0 radical (unpaired) electrons. The number of fused-ring (bicyclic) bond motifs is 1. The van der Waals surface area contributed by atoms with Gasteiger partial charge in [-0.05, 0) is 37.9 Å². The summed E-state index contributed by atoms with van der Waals surface area (Å²) in [5.74, 6) is 0.171. The summed E-state index contributed by atoms with van der Waals surface area (Å²) < 4.78 is 0. The van der Waals surface area contributed by atoms with E-state index in [0.717, 1.165) is 31.5 Å². The van der Waals surface area contributed by atoms with Crippen molar-refractivity contribution in [3.8, 4) is 0 Å². The Morgan fingerprint density at radius 1 is 1.09 bits per heavy atom. The monoisotopic (exact) mass is 434 g/mol. The van der Waals surface area contributed by atoms with Gasteiger partial charge in [-0.2, -0.15) is 0 Å². The van der Waals surface area contributed by atoms with Crippen molar-refractivity contribution in [1.82, 2.24) is 20.4 Å². The van der Waals surface area contributed by atoms with E-state index in [1.54, 1.807) is 0 Å². The normalized spacial score (nSPS) is 23.9. The highest BCUT2D eigenvalue weighted by molar-refractivity contribution is 5.83. The van der Waals surface area contributed by atoms with Crippen LogP contribution < -0.4 is 10.6 Å². The first kappa shape index (κ1) is 22.5. The molecule has 2 heterocycles. The number of carbonyl (C=O) groups excluding carboxylic acids is 2. The summed E-state index contributed by atoms with van der Waals surface area (Å²) in [6.07, 6.45) is 2.16. The summed E-state index contributed by atoms with van der Waals surface area (Å²) >= 11 is 0. The Kier molecular flexibility index (Phi) is 7.22. The summed E-state index contributed by atoms with van der Waals surface area (Å²) in [4.78, 5) is 30.0. The third-order valence-electron chi connectivity index (χ3n) is 6.89. The second-order valence-electron chi connectivity index (χ2n) is 9.12. The SMILES string of the molecule is Cc1ccc(CN2CC[C@H]3[C@H]2C(=O)NC[C@H](CCC(=O)NCc2ccccc2)N3C)cc1. The van der Waals surface area contributed by atoms with Gasteiger partial charge in [0.1, 0.15) is 6.04 Å². The van der Waals surface area contributed by atoms with Crippen LogP contribution in [0.5, 0.6) is 0 Å². The molecule has 0 saturated carbocycles. The number of hydrogen-bond acceptors (Lipinski definition) is 4. The maximum Gasteiger partial charge on any atom is 0.239 e. The van der Waals surface area contributed by atoms with E-state index in [-0.39, 0.29) is 29.9 Å². The van der Waals surface area contributed by atoms with Crippen LogP contribution in [0.25, 0.3) is 0 Å². The van der Waals surface area contributed by atoms with E-state index in [4.69, 9.17) is 0 Å². The predicted octanol–water partition coefficient (Wildman–Crippen LogP) is 2.46. The molecule has 0 spiro atoms. The zero-order valence-electron chi connectivity index (χ0n) is 19.1. The lowest BCUT2D eigenvalue weighted by Crippen LogP contribution is -2.49. The van der Waals surface area contributed by atoms with Gasteiger partial charge in [-0.25, -0.2) is 0 Å². The van der Waals surface area contributed by atoms with Crippen molar-refractivity contribution in [3.05, 3.63) is 71.3 Å². The lowest BCUT2D eigenvalue weighted by atomic mass is 10.0. The fraction of sp³-hybridized carbons (Fsp3) is 0.462. The van der Waals surface area contributed by atoms with Crippen molar-refractivity contribution < 1.29 is 9.59 Å². The van der Waals surface area contributed by atoms with Crippen molar-refractivity contribution in [2.45, 2.75) is 57.4 Å². The predicted molar refractivity (Wildman–Crippen MR) is 126 cm³/mol. The van der Waals surface area contributed by atoms with Gasteiger partial charge in [0, 0.05) is 44.7 Å². The minimum absolute atomic E-state index is 0.0572. The number of rotatable bonds is 7. The molecule has 0 unspecified atom stereocenters. The van der Waals surface area contributed by atoms with Crippen molar-refractivity contribution >= 4 is 11.8 Å². The van der Waals surface area contributed by atoms with Gasteiger partial charge in [-0.1, -0.05) is 60.2 Å². The molecule has 2 fully saturated rings. The number of likely N-dealkylation sites (tertiary alicyclic amines) is 1. The molecule has 0 bridgehead atoms. The van der Waals surface area contributed by atoms with Crippen LogP contribution in [0.4, 0.5) is 0 Å². The summed E-state index contributed by atoms with van der Waals surface area (Å²) in [5, 5.41) is 6.16. The molecule has 2 aromatic rings. The highest BCUT2D eigenvalue weighted by Gasteiger charge is 2.44. The van der Waals surface area contributed by atoms with Gasteiger partial charge >= 0.3 is 0 Å². The number of likely N-dealkylation sites (N-methyl/N-ethyl adjacent to an activating group) is 1. The zero-order valence-corrected chi connectivity index (χ0v) is 19.1. The summed E-state index contributed by atoms with van der Waals surface area (Å²) in [7, 11) is 2.11. The molecule has 170 valence electrons. The second-order valence-corrected chi connectivity index (χ2v) is 9.12. The van der Waals surface area contributed by atoms with Gasteiger partial charge < -0.3 is 10.6 Å². The minimum Gasteiger partial charge on any atom is -0.353 e. The summed E-state index contributed by atoms with van der Waals surface area (Å²) in [5.41, 5.74) is 3.58. The Hall–Kier alpha value is -2.70. The number of carbonyl (C=O) groups is 2. The lowest BCUT2D eigenvalue weighted by molar-refractivity contribution is -0.126. The standard InChI is InChI=1S/C26H34N4O2/c1-19-8-10-21(11-9-19)18-30-15-14-23-25(30)26(32)28-17-22(29(23)2)12-13-24(31)27-16-20-6-4-3-5-7-20/h3-11,22-23,25H,12-18H2,1-2H3,(H,27,31)(H,28,32)/t22-,23-,25-/m0/s1. The van der Waals surface area contributed by atoms with Crippen LogP contribution in [0, 0.1) is 6.92 Å². The van der Waals surface area contributed by atoms with E-state index in [1.807, 2.05) is 30.3 Å². The number of hydrogen-bond donors (Lipinski definition) is 2. The van der Waals surface area contributed by atoms with Gasteiger partial charge in [-0.15, -0.1) is 0 Å². The Labute approximate surface area is 191 Å². The van der Waals surface area contributed by atoms with E-state index < -0.39 is 0 Å². The number of nitrogens with zero attached hydrogens (tertiary/aromatic N) is 2. The quantitative estimate of drug-likeness (QED) is 0.703. The maximum absolute atomic E-state index is 13.0. The molecule has 32 heavy (non-hydrogen) atoms. The van der Waals surface area contributed by atoms with Crippen molar-refractivity contribution in [2.24, 2.45) is 0 Å². The van der Waals surface area contributed by atoms with Gasteiger partial charge in [-0.3, -0.25) is 19.4 Å². The highest BCUT2D eigenvalue weighted by Crippen LogP contribution is 2.28.